The Kier molecular flexibility index (Phi) is 4.74. The predicted molar refractivity (Wildman–Crippen MR) is 78.2 cm³/mol. The van der Waals surface area contributed by atoms with Crippen LogP contribution in [-0.2, 0) is 4.79 Å². The lowest BCUT2D eigenvalue weighted by molar-refractivity contribution is -0.139. The molecule has 7 heteroatoms. The Morgan fingerprint density at radius 1 is 1.48 bits per heavy atom. The number of aromatic nitrogens is 1. The first kappa shape index (κ1) is 15.2. The van der Waals surface area contributed by atoms with E-state index in [0.29, 0.717) is 22.1 Å². The van der Waals surface area contributed by atoms with Crippen LogP contribution in [-0.4, -0.2) is 28.0 Å². The molecule has 0 saturated heterocycles. The first-order valence-electron chi connectivity index (χ1n) is 6.50. The van der Waals surface area contributed by atoms with Crippen molar-refractivity contribution in [1.82, 2.24) is 10.3 Å². The number of nitrogens with one attached hydrogen (secondary N) is 1. The van der Waals surface area contributed by atoms with E-state index in [2.05, 4.69) is 10.3 Å². The standard InChI is InChI=1S/C14H16N2O4S/c1-8(2)6-9(14(18)19)16-12(17)11-7-15-13(21-11)10-4-3-5-20-10/h3-5,7-9H,6H2,1-2H3,(H,16,17)(H,18,19)/t9-/m0/s1. The molecule has 2 rings (SSSR count). The van der Waals surface area contributed by atoms with E-state index < -0.39 is 17.9 Å². The van der Waals surface area contributed by atoms with Gasteiger partial charge in [-0.25, -0.2) is 9.78 Å². The van der Waals surface area contributed by atoms with Crippen molar-refractivity contribution in [1.29, 1.82) is 0 Å². The van der Waals surface area contributed by atoms with E-state index in [9.17, 15) is 9.59 Å². The molecule has 2 heterocycles. The molecule has 0 radical (unpaired) electrons. The van der Waals surface area contributed by atoms with E-state index in [0.717, 1.165) is 11.3 Å². The lowest BCUT2D eigenvalue weighted by Crippen LogP contribution is -2.41. The van der Waals surface area contributed by atoms with Crippen molar-refractivity contribution in [2.45, 2.75) is 26.3 Å². The lowest BCUT2D eigenvalue weighted by Gasteiger charge is -2.15. The quantitative estimate of drug-likeness (QED) is 0.855. The van der Waals surface area contributed by atoms with Crippen LogP contribution in [0.1, 0.15) is 29.9 Å². The number of furan rings is 1. The van der Waals surface area contributed by atoms with Crippen molar-refractivity contribution >= 4 is 23.2 Å². The van der Waals surface area contributed by atoms with Crippen molar-refractivity contribution in [3.8, 4) is 10.8 Å². The van der Waals surface area contributed by atoms with Crippen LogP contribution in [0.15, 0.2) is 29.0 Å². The Labute approximate surface area is 125 Å². The fraction of sp³-hybridized carbons (Fsp3) is 0.357. The average molecular weight is 308 g/mol. The number of thiazole rings is 1. The van der Waals surface area contributed by atoms with E-state index >= 15 is 0 Å². The van der Waals surface area contributed by atoms with Crippen LogP contribution in [0.5, 0.6) is 0 Å². The number of carboxylic acids is 1. The monoisotopic (exact) mass is 308 g/mol. The van der Waals surface area contributed by atoms with Crippen LogP contribution in [0.2, 0.25) is 0 Å². The largest absolute Gasteiger partial charge is 0.480 e. The molecule has 2 N–H and O–H groups in total. The van der Waals surface area contributed by atoms with Gasteiger partial charge >= 0.3 is 5.97 Å². The summed E-state index contributed by atoms with van der Waals surface area (Å²) in [6.07, 6.45) is 3.33. The van der Waals surface area contributed by atoms with Crippen molar-refractivity contribution in [2.24, 2.45) is 5.92 Å². The highest BCUT2D eigenvalue weighted by molar-refractivity contribution is 7.16. The fourth-order valence-electron chi connectivity index (χ4n) is 1.82. The summed E-state index contributed by atoms with van der Waals surface area (Å²) < 4.78 is 5.21. The minimum atomic E-state index is -1.03. The summed E-state index contributed by atoms with van der Waals surface area (Å²) in [5.41, 5.74) is 0. The topological polar surface area (TPSA) is 92.4 Å². The molecule has 0 aliphatic carbocycles. The van der Waals surface area contributed by atoms with Gasteiger partial charge in [-0.1, -0.05) is 13.8 Å². The number of hydrogen-bond donors (Lipinski definition) is 2. The predicted octanol–water partition coefficient (Wildman–Crippen LogP) is 2.63. The van der Waals surface area contributed by atoms with Crippen LogP contribution in [0.25, 0.3) is 10.8 Å². The van der Waals surface area contributed by atoms with Gasteiger partial charge in [-0.05, 0) is 24.5 Å². The third-order valence-corrected chi connectivity index (χ3v) is 3.78. The van der Waals surface area contributed by atoms with Crippen molar-refractivity contribution in [3.05, 3.63) is 29.5 Å². The smallest absolute Gasteiger partial charge is 0.326 e. The third-order valence-electron chi connectivity index (χ3n) is 2.77. The fourth-order valence-corrected chi connectivity index (χ4v) is 2.60. The van der Waals surface area contributed by atoms with Crippen molar-refractivity contribution < 1.29 is 19.1 Å². The molecule has 0 aromatic carbocycles. The molecule has 21 heavy (non-hydrogen) atoms. The van der Waals surface area contributed by atoms with Gasteiger partial charge < -0.3 is 14.8 Å². The molecular weight excluding hydrogens is 292 g/mol. The molecule has 0 saturated carbocycles. The van der Waals surface area contributed by atoms with Gasteiger partial charge in [-0.2, -0.15) is 0 Å². The normalized spacial score (nSPS) is 12.3. The van der Waals surface area contributed by atoms with Crippen molar-refractivity contribution in [3.63, 3.8) is 0 Å². The van der Waals surface area contributed by atoms with E-state index in [4.69, 9.17) is 9.52 Å². The summed E-state index contributed by atoms with van der Waals surface area (Å²) in [5, 5.41) is 12.2. The maximum Gasteiger partial charge on any atom is 0.326 e. The highest BCUT2D eigenvalue weighted by atomic mass is 32.1. The van der Waals surface area contributed by atoms with Crippen LogP contribution >= 0.6 is 11.3 Å². The molecule has 112 valence electrons. The van der Waals surface area contributed by atoms with Crippen LogP contribution in [0.4, 0.5) is 0 Å². The van der Waals surface area contributed by atoms with E-state index in [1.54, 1.807) is 12.1 Å². The Morgan fingerprint density at radius 3 is 2.81 bits per heavy atom. The number of carboxylic acid groups (broad SMARTS) is 1. The third kappa shape index (κ3) is 3.91. The first-order valence-corrected chi connectivity index (χ1v) is 7.32. The Bertz CT molecular complexity index is 619. The zero-order chi connectivity index (χ0) is 15.4. The summed E-state index contributed by atoms with van der Waals surface area (Å²) in [6, 6.07) is 2.59. The first-order chi connectivity index (χ1) is 9.97. The molecule has 2 aromatic rings. The number of rotatable bonds is 6. The zero-order valence-corrected chi connectivity index (χ0v) is 12.5. The Balaban J connectivity index is 2.07. The van der Waals surface area contributed by atoms with Gasteiger partial charge in [0.1, 0.15) is 10.9 Å². The molecule has 2 aromatic heterocycles. The highest BCUT2D eigenvalue weighted by Crippen LogP contribution is 2.25. The Hall–Kier alpha value is -2.15. The second kappa shape index (κ2) is 6.53. The molecule has 6 nitrogen and oxygen atoms in total. The lowest BCUT2D eigenvalue weighted by atomic mass is 10.0. The van der Waals surface area contributed by atoms with Gasteiger partial charge in [0.15, 0.2) is 10.8 Å². The number of hydrogen-bond acceptors (Lipinski definition) is 5. The molecule has 0 fully saturated rings. The van der Waals surface area contributed by atoms with Gasteiger partial charge in [-0.15, -0.1) is 11.3 Å². The summed E-state index contributed by atoms with van der Waals surface area (Å²) in [7, 11) is 0. The maximum atomic E-state index is 12.1. The second-order valence-corrected chi connectivity index (χ2v) is 6.03. The average Bonchev–Trinajstić information content (AvgIpc) is 3.08. The summed E-state index contributed by atoms with van der Waals surface area (Å²) >= 11 is 1.16. The molecule has 0 aliphatic heterocycles. The summed E-state index contributed by atoms with van der Waals surface area (Å²) in [4.78, 5) is 27.7. The molecule has 0 aliphatic rings. The van der Waals surface area contributed by atoms with Crippen LogP contribution in [0, 0.1) is 5.92 Å². The van der Waals surface area contributed by atoms with E-state index in [1.807, 2.05) is 13.8 Å². The maximum absolute atomic E-state index is 12.1. The number of carbonyl (C=O) groups excluding carboxylic acids is 1. The van der Waals surface area contributed by atoms with Gasteiger partial charge in [-0.3, -0.25) is 4.79 Å². The van der Waals surface area contributed by atoms with Crippen LogP contribution in [0.3, 0.4) is 0 Å². The minimum Gasteiger partial charge on any atom is -0.480 e. The van der Waals surface area contributed by atoms with Gasteiger partial charge in [0.25, 0.3) is 5.91 Å². The van der Waals surface area contributed by atoms with Gasteiger partial charge in [0, 0.05) is 0 Å². The molecule has 0 spiro atoms. The molecular formula is C14H16N2O4S. The number of carbonyl (C=O) groups is 2. The number of nitrogens with zero attached hydrogens (tertiary/aromatic N) is 1. The van der Waals surface area contributed by atoms with Crippen molar-refractivity contribution in [2.75, 3.05) is 0 Å². The molecule has 1 amide bonds. The molecule has 1 atom stereocenters. The minimum absolute atomic E-state index is 0.173. The number of amides is 1. The molecule has 0 bridgehead atoms. The SMILES string of the molecule is CC(C)C[C@H](NC(=O)c1cnc(-c2ccco2)s1)C(=O)O. The number of aliphatic carboxylic acids is 1. The van der Waals surface area contributed by atoms with E-state index in [-0.39, 0.29) is 5.92 Å². The molecule has 0 unspecified atom stereocenters. The zero-order valence-electron chi connectivity index (χ0n) is 11.7. The highest BCUT2D eigenvalue weighted by Gasteiger charge is 2.23. The summed E-state index contributed by atoms with van der Waals surface area (Å²) in [6.45, 7) is 3.81. The Morgan fingerprint density at radius 2 is 2.24 bits per heavy atom. The van der Waals surface area contributed by atoms with Crippen LogP contribution < -0.4 is 5.32 Å². The summed E-state index contributed by atoms with van der Waals surface area (Å²) in [5.74, 6) is -0.714. The van der Waals surface area contributed by atoms with Gasteiger partial charge in [0.2, 0.25) is 0 Å². The second-order valence-electron chi connectivity index (χ2n) is 5.00. The van der Waals surface area contributed by atoms with Gasteiger partial charge in [0.05, 0.1) is 12.5 Å². The van der Waals surface area contributed by atoms with E-state index in [1.165, 1.54) is 12.5 Å².